The molecule has 1 aliphatic carbocycles. The number of aromatic nitrogens is 2. The topological polar surface area (TPSA) is 37.8 Å². The van der Waals surface area contributed by atoms with Crippen LogP contribution in [0.4, 0.5) is 5.82 Å². The molecule has 1 aliphatic rings. The molecule has 1 saturated carbocycles. The Kier molecular flexibility index (Phi) is 5.49. The number of anilines is 1. The van der Waals surface area contributed by atoms with Crippen LogP contribution in [0.2, 0.25) is 0 Å². The Morgan fingerprint density at radius 3 is 2.63 bits per heavy atom. The Balaban J connectivity index is 2.00. The number of rotatable bonds is 5. The standard InChI is InChI=1S/C15H25N3S/c1-11(2)13-9-14(16-3)18-15(17-13)10-19-12-7-5-4-6-8-12/h9,11-12H,4-8,10H2,1-3H3,(H,16,17,18). The normalized spacial score (nSPS) is 16.8. The lowest BCUT2D eigenvalue weighted by Gasteiger charge is -2.20. The number of nitrogens with one attached hydrogen (secondary N) is 1. The second-order valence-electron chi connectivity index (χ2n) is 5.57. The molecule has 1 aromatic rings. The molecule has 0 bridgehead atoms. The molecule has 4 heteroatoms. The zero-order valence-electron chi connectivity index (χ0n) is 12.3. The second kappa shape index (κ2) is 7.13. The van der Waals surface area contributed by atoms with Gasteiger partial charge in [0.15, 0.2) is 0 Å². The average Bonchev–Trinajstić information content (AvgIpc) is 2.45. The third kappa shape index (κ3) is 4.37. The van der Waals surface area contributed by atoms with E-state index in [0.29, 0.717) is 5.92 Å². The van der Waals surface area contributed by atoms with E-state index < -0.39 is 0 Å². The van der Waals surface area contributed by atoms with Crippen molar-refractivity contribution >= 4 is 17.6 Å². The van der Waals surface area contributed by atoms with E-state index in [1.807, 2.05) is 18.8 Å². The largest absolute Gasteiger partial charge is 0.373 e. The van der Waals surface area contributed by atoms with Gasteiger partial charge in [-0.25, -0.2) is 9.97 Å². The van der Waals surface area contributed by atoms with E-state index in [2.05, 4.69) is 30.2 Å². The van der Waals surface area contributed by atoms with Gasteiger partial charge in [0.05, 0.1) is 5.75 Å². The predicted molar refractivity (Wildman–Crippen MR) is 83.8 cm³/mol. The van der Waals surface area contributed by atoms with Gasteiger partial charge in [0.1, 0.15) is 11.6 Å². The van der Waals surface area contributed by atoms with E-state index >= 15 is 0 Å². The fraction of sp³-hybridized carbons (Fsp3) is 0.733. The molecule has 0 amide bonds. The summed E-state index contributed by atoms with van der Waals surface area (Å²) in [6.45, 7) is 4.36. The molecule has 0 saturated heterocycles. The highest BCUT2D eigenvalue weighted by atomic mass is 32.2. The minimum atomic E-state index is 0.452. The maximum Gasteiger partial charge on any atom is 0.140 e. The van der Waals surface area contributed by atoms with Gasteiger partial charge in [-0.15, -0.1) is 0 Å². The quantitative estimate of drug-likeness (QED) is 0.876. The number of nitrogens with zero attached hydrogens (tertiary/aromatic N) is 2. The molecule has 1 fully saturated rings. The Morgan fingerprint density at radius 2 is 2.00 bits per heavy atom. The van der Waals surface area contributed by atoms with E-state index in [0.717, 1.165) is 28.3 Å². The summed E-state index contributed by atoms with van der Waals surface area (Å²) in [5.41, 5.74) is 1.14. The van der Waals surface area contributed by atoms with Crippen molar-refractivity contribution < 1.29 is 0 Å². The van der Waals surface area contributed by atoms with Crippen LogP contribution in [0.25, 0.3) is 0 Å². The van der Waals surface area contributed by atoms with Gasteiger partial charge < -0.3 is 5.32 Å². The maximum atomic E-state index is 4.69. The fourth-order valence-corrected chi connectivity index (χ4v) is 3.61. The zero-order chi connectivity index (χ0) is 13.7. The van der Waals surface area contributed by atoms with Crippen LogP contribution in [0, 0.1) is 0 Å². The molecule has 0 spiro atoms. The van der Waals surface area contributed by atoms with Crippen molar-refractivity contribution in [3.8, 4) is 0 Å². The number of hydrogen-bond acceptors (Lipinski definition) is 4. The molecule has 3 nitrogen and oxygen atoms in total. The summed E-state index contributed by atoms with van der Waals surface area (Å²) in [6.07, 6.45) is 6.94. The first-order chi connectivity index (χ1) is 9.19. The van der Waals surface area contributed by atoms with Crippen molar-refractivity contribution in [2.24, 2.45) is 0 Å². The summed E-state index contributed by atoms with van der Waals surface area (Å²) in [6, 6.07) is 2.06. The lowest BCUT2D eigenvalue weighted by Crippen LogP contribution is -2.10. The summed E-state index contributed by atoms with van der Waals surface area (Å²) in [7, 11) is 1.92. The van der Waals surface area contributed by atoms with E-state index in [1.165, 1.54) is 32.1 Å². The Morgan fingerprint density at radius 1 is 1.26 bits per heavy atom. The van der Waals surface area contributed by atoms with E-state index in [-0.39, 0.29) is 0 Å². The summed E-state index contributed by atoms with van der Waals surface area (Å²) in [4.78, 5) is 9.27. The second-order valence-corrected chi connectivity index (χ2v) is 6.86. The van der Waals surface area contributed by atoms with Gasteiger partial charge in [-0.1, -0.05) is 33.1 Å². The van der Waals surface area contributed by atoms with Gasteiger partial charge in [-0.3, -0.25) is 0 Å². The highest BCUT2D eigenvalue weighted by Gasteiger charge is 2.15. The average molecular weight is 279 g/mol. The maximum absolute atomic E-state index is 4.69. The molecular formula is C15H25N3S. The Bertz CT molecular complexity index is 400. The van der Waals surface area contributed by atoms with Crippen molar-refractivity contribution in [1.29, 1.82) is 0 Å². The lowest BCUT2D eigenvalue weighted by molar-refractivity contribution is 0.516. The molecule has 0 unspecified atom stereocenters. The minimum Gasteiger partial charge on any atom is -0.373 e. The SMILES string of the molecule is CNc1cc(C(C)C)nc(CSC2CCCCC2)n1. The van der Waals surface area contributed by atoms with Crippen molar-refractivity contribution in [1.82, 2.24) is 9.97 Å². The molecule has 0 radical (unpaired) electrons. The van der Waals surface area contributed by atoms with Gasteiger partial charge in [-0.2, -0.15) is 11.8 Å². The van der Waals surface area contributed by atoms with E-state index in [9.17, 15) is 0 Å². The first kappa shape index (κ1) is 14.6. The lowest BCUT2D eigenvalue weighted by atomic mass is 10.0. The predicted octanol–water partition coefficient (Wildman–Crippen LogP) is 4.21. The molecule has 1 N–H and O–H groups in total. The van der Waals surface area contributed by atoms with Crippen LogP contribution in [0.3, 0.4) is 0 Å². The third-order valence-electron chi connectivity index (χ3n) is 3.64. The van der Waals surface area contributed by atoms with Crippen LogP contribution in [-0.4, -0.2) is 22.3 Å². The zero-order valence-corrected chi connectivity index (χ0v) is 13.1. The minimum absolute atomic E-state index is 0.452. The van der Waals surface area contributed by atoms with Crippen molar-refractivity contribution in [2.75, 3.05) is 12.4 Å². The first-order valence-electron chi connectivity index (χ1n) is 7.36. The van der Waals surface area contributed by atoms with Gasteiger partial charge in [-0.05, 0) is 18.8 Å². The highest BCUT2D eigenvalue weighted by molar-refractivity contribution is 7.99. The van der Waals surface area contributed by atoms with Crippen molar-refractivity contribution in [3.63, 3.8) is 0 Å². The van der Waals surface area contributed by atoms with Gasteiger partial charge in [0.2, 0.25) is 0 Å². The van der Waals surface area contributed by atoms with E-state index in [1.54, 1.807) is 0 Å². The highest BCUT2D eigenvalue weighted by Crippen LogP contribution is 2.30. The Hall–Kier alpha value is -0.770. The molecule has 1 heterocycles. The van der Waals surface area contributed by atoms with Crippen LogP contribution >= 0.6 is 11.8 Å². The molecule has 2 rings (SSSR count). The monoisotopic (exact) mass is 279 g/mol. The molecule has 1 aromatic heterocycles. The third-order valence-corrected chi connectivity index (χ3v) is 5.01. The molecular weight excluding hydrogens is 254 g/mol. The molecule has 0 aliphatic heterocycles. The number of hydrogen-bond donors (Lipinski definition) is 1. The van der Waals surface area contributed by atoms with Crippen LogP contribution in [0.15, 0.2) is 6.07 Å². The van der Waals surface area contributed by atoms with Gasteiger partial charge in [0.25, 0.3) is 0 Å². The van der Waals surface area contributed by atoms with Gasteiger partial charge >= 0.3 is 0 Å². The summed E-state index contributed by atoms with van der Waals surface area (Å²) >= 11 is 2.04. The van der Waals surface area contributed by atoms with Gasteiger partial charge in [0, 0.05) is 24.1 Å². The van der Waals surface area contributed by atoms with Crippen LogP contribution in [0.1, 0.15) is 63.4 Å². The Labute approximate surface area is 121 Å². The van der Waals surface area contributed by atoms with Crippen molar-refractivity contribution in [3.05, 3.63) is 17.6 Å². The van der Waals surface area contributed by atoms with Crippen LogP contribution in [0.5, 0.6) is 0 Å². The van der Waals surface area contributed by atoms with Crippen molar-refractivity contribution in [2.45, 2.75) is 62.9 Å². The summed E-state index contributed by atoms with van der Waals surface area (Å²) in [5, 5.41) is 3.96. The molecule has 0 aromatic carbocycles. The smallest absolute Gasteiger partial charge is 0.140 e. The van der Waals surface area contributed by atoms with Crippen LogP contribution < -0.4 is 5.32 Å². The first-order valence-corrected chi connectivity index (χ1v) is 8.41. The summed E-state index contributed by atoms with van der Waals surface area (Å²) in [5.74, 6) is 3.32. The summed E-state index contributed by atoms with van der Waals surface area (Å²) < 4.78 is 0. The molecule has 0 atom stereocenters. The fourth-order valence-electron chi connectivity index (χ4n) is 2.43. The van der Waals surface area contributed by atoms with E-state index in [4.69, 9.17) is 4.98 Å². The molecule has 19 heavy (non-hydrogen) atoms. The number of thioether (sulfide) groups is 1. The molecule has 106 valence electrons. The van der Waals surface area contributed by atoms with Crippen LogP contribution in [-0.2, 0) is 5.75 Å².